The maximum Gasteiger partial charge on any atom is 0.410 e. The van der Waals surface area contributed by atoms with E-state index in [9.17, 15) is 19.7 Å². The van der Waals surface area contributed by atoms with Crippen LogP contribution in [0.2, 0.25) is 0 Å². The Bertz CT molecular complexity index is 725. The lowest BCUT2D eigenvalue weighted by molar-refractivity contribution is -0.384. The molecule has 2 rings (SSSR count). The van der Waals surface area contributed by atoms with Crippen LogP contribution in [0.3, 0.4) is 0 Å². The van der Waals surface area contributed by atoms with Crippen LogP contribution < -0.4 is 5.32 Å². The van der Waals surface area contributed by atoms with Crippen LogP contribution in [0.15, 0.2) is 34.5 Å². The summed E-state index contributed by atoms with van der Waals surface area (Å²) in [4.78, 5) is 34.6. The van der Waals surface area contributed by atoms with Crippen molar-refractivity contribution in [2.75, 3.05) is 6.54 Å². The molecule has 1 heterocycles. The standard InChI is InChI=1S/C16H20N4O6/c1-15(2,3)26-14(22)18-16(8-9-17-19-16)13(21)25-10-11-4-6-12(7-5-11)20(23)24/h4-7H,8-10H2,1-3H3,(H,18,22). The molecule has 1 N–H and O–H groups in total. The largest absolute Gasteiger partial charge is 0.458 e. The van der Waals surface area contributed by atoms with Crippen molar-refractivity contribution in [1.29, 1.82) is 0 Å². The highest BCUT2D eigenvalue weighted by molar-refractivity contribution is 5.85. The van der Waals surface area contributed by atoms with E-state index < -0.39 is 28.2 Å². The normalized spacial score (nSPS) is 19.0. The van der Waals surface area contributed by atoms with Crippen molar-refractivity contribution in [1.82, 2.24) is 5.32 Å². The Morgan fingerprint density at radius 1 is 1.31 bits per heavy atom. The zero-order chi connectivity index (χ0) is 19.4. The van der Waals surface area contributed by atoms with E-state index in [1.165, 1.54) is 24.3 Å². The predicted octanol–water partition coefficient (Wildman–Crippen LogP) is 2.71. The van der Waals surface area contributed by atoms with E-state index in [4.69, 9.17) is 9.47 Å². The Morgan fingerprint density at radius 3 is 2.46 bits per heavy atom. The first kappa shape index (κ1) is 19.3. The Labute approximate surface area is 149 Å². The van der Waals surface area contributed by atoms with Gasteiger partial charge in [-0.05, 0) is 38.5 Å². The fraction of sp³-hybridized carbons (Fsp3) is 0.500. The van der Waals surface area contributed by atoms with Gasteiger partial charge < -0.3 is 9.47 Å². The second-order valence-corrected chi connectivity index (χ2v) is 6.70. The smallest absolute Gasteiger partial charge is 0.410 e. The lowest BCUT2D eigenvalue weighted by atomic mass is 10.1. The lowest BCUT2D eigenvalue weighted by Crippen LogP contribution is -2.53. The minimum absolute atomic E-state index is 0.0623. The van der Waals surface area contributed by atoms with Crippen molar-refractivity contribution in [3.8, 4) is 0 Å². The zero-order valence-corrected chi connectivity index (χ0v) is 14.7. The molecule has 1 aromatic carbocycles. The second-order valence-electron chi connectivity index (χ2n) is 6.70. The summed E-state index contributed by atoms with van der Waals surface area (Å²) in [5, 5.41) is 20.7. The van der Waals surface area contributed by atoms with Crippen molar-refractivity contribution < 1.29 is 24.0 Å². The number of nitro benzene ring substituents is 1. The molecule has 0 fully saturated rings. The zero-order valence-electron chi connectivity index (χ0n) is 14.7. The highest BCUT2D eigenvalue weighted by Crippen LogP contribution is 2.23. The highest BCUT2D eigenvalue weighted by atomic mass is 16.6. The third-order valence-corrected chi connectivity index (χ3v) is 3.38. The minimum Gasteiger partial charge on any atom is -0.458 e. The number of benzene rings is 1. The average Bonchev–Trinajstić information content (AvgIpc) is 3.00. The van der Waals surface area contributed by atoms with Crippen LogP contribution in [0, 0.1) is 10.1 Å². The molecule has 10 heteroatoms. The Balaban J connectivity index is 2.01. The molecule has 0 spiro atoms. The second kappa shape index (κ2) is 7.46. The van der Waals surface area contributed by atoms with E-state index in [1.54, 1.807) is 20.8 Å². The van der Waals surface area contributed by atoms with Gasteiger partial charge in [-0.3, -0.25) is 15.4 Å². The molecule has 0 radical (unpaired) electrons. The van der Waals surface area contributed by atoms with E-state index in [0.717, 1.165) is 0 Å². The van der Waals surface area contributed by atoms with Gasteiger partial charge in [-0.25, -0.2) is 9.59 Å². The summed E-state index contributed by atoms with van der Waals surface area (Å²) in [5.41, 5.74) is -1.86. The molecule has 1 aliphatic heterocycles. The third kappa shape index (κ3) is 4.98. The summed E-state index contributed by atoms with van der Waals surface area (Å²) in [5.74, 6) is -0.775. The van der Waals surface area contributed by atoms with Crippen LogP contribution in [0.25, 0.3) is 0 Å². The molecule has 1 aliphatic rings. The molecule has 26 heavy (non-hydrogen) atoms. The van der Waals surface area contributed by atoms with Crippen molar-refractivity contribution in [2.24, 2.45) is 10.2 Å². The van der Waals surface area contributed by atoms with Crippen LogP contribution >= 0.6 is 0 Å². The van der Waals surface area contributed by atoms with Crippen LogP contribution in [0.5, 0.6) is 0 Å². The first-order chi connectivity index (χ1) is 12.1. The molecule has 10 nitrogen and oxygen atoms in total. The SMILES string of the molecule is CC(C)(C)OC(=O)NC1(C(=O)OCc2ccc([N+](=O)[O-])cc2)CCN=N1. The topological polar surface area (TPSA) is 132 Å². The molecular formula is C16H20N4O6. The van der Waals surface area contributed by atoms with Gasteiger partial charge in [0.15, 0.2) is 0 Å². The molecule has 0 aromatic heterocycles. The summed E-state index contributed by atoms with van der Waals surface area (Å²) >= 11 is 0. The van der Waals surface area contributed by atoms with Gasteiger partial charge in [-0.2, -0.15) is 10.2 Å². The average molecular weight is 364 g/mol. The number of amides is 1. The summed E-state index contributed by atoms with van der Waals surface area (Å²) in [6.07, 6.45) is -0.642. The van der Waals surface area contributed by atoms with Gasteiger partial charge >= 0.3 is 12.1 Å². The fourth-order valence-electron chi connectivity index (χ4n) is 2.17. The molecule has 0 saturated heterocycles. The van der Waals surface area contributed by atoms with Crippen LogP contribution in [-0.2, 0) is 20.9 Å². The van der Waals surface area contributed by atoms with E-state index in [1.807, 2.05) is 0 Å². The van der Waals surface area contributed by atoms with Gasteiger partial charge in [-0.1, -0.05) is 0 Å². The number of azo groups is 1. The number of esters is 1. The summed E-state index contributed by atoms with van der Waals surface area (Å²) < 4.78 is 10.4. The maximum absolute atomic E-state index is 12.5. The number of hydrogen-bond donors (Lipinski definition) is 1. The Kier molecular flexibility index (Phi) is 5.53. The van der Waals surface area contributed by atoms with E-state index in [2.05, 4.69) is 15.5 Å². The number of non-ortho nitro benzene ring substituents is 1. The fourth-order valence-corrected chi connectivity index (χ4v) is 2.17. The molecule has 0 bridgehead atoms. The Hall–Kier alpha value is -3.04. The van der Waals surface area contributed by atoms with E-state index in [0.29, 0.717) is 5.56 Å². The van der Waals surface area contributed by atoms with Gasteiger partial charge in [0.2, 0.25) is 0 Å². The molecular weight excluding hydrogens is 344 g/mol. The van der Waals surface area contributed by atoms with Gasteiger partial charge in [-0.15, -0.1) is 0 Å². The highest BCUT2D eigenvalue weighted by Gasteiger charge is 2.45. The number of nitro groups is 1. The number of ether oxygens (including phenoxy) is 2. The monoisotopic (exact) mass is 364 g/mol. The number of rotatable bonds is 5. The summed E-state index contributed by atoms with van der Waals surface area (Å²) in [6, 6.07) is 5.59. The molecule has 1 aromatic rings. The number of nitrogens with zero attached hydrogens (tertiary/aromatic N) is 3. The van der Waals surface area contributed by atoms with E-state index >= 15 is 0 Å². The van der Waals surface area contributed by atoms with Crippen LogP contribution in [-0.4, -0.2) is 34.8 Å². The maximum atomic E-state index is 12.5. The van der Waals surface area contributed by atoms with Gasteiger partial charge in [0.1, 0.15) is 12.2 Å². The van der Waals surface area contributed by atoms with Crippen molar-refractivity contribution >= 4 is 17.7 Å². The van der Waals surface area contributed by atoms with Gasteiger partial charge in [0, 0.05) is 18.6 Å². The number of alkyl carbamates (subject to hydrolysis) is 1. The van der Waals surface area contributed by atoms with Crippen molar-refractivity contribution in [3.63, 3.8) is 0 Å². The summed E-state index contributed by atoms with van der Waals surface area (Å²) in [6.45, 7) is 5.24. The van der Waals surface area contributed by atoms with Crippen LogP contribution in [0.4, 0.5) is 10.5 Å². The molecule has 0 saturated carbocycles. The Morgan fingerprint density at radius 2 is 1.96 bits per heavy atom. The number of carbonyl (C=O) groups is 2. The first-order valence-corrected chi connectivity index (χ1v) is 7.92. The molecule has 1 amide bonds. The van der Waals surface area contributed by atoms with Crippen molar-refractivity contribution in [3.05, 3.63) is 39.9 Å². The van der Waals surface area contributed by atoms with Gasteiger partial charge in [0.25, 0.3) is 11.4 Å². The minimum atomic E-state index is -1.62. The lowest BCUT2D eigenvalue weighted by Gasteiger charge is -2.26. The molecule has 140 valence electrons. The number of carbonyl (C=O) groups excluding carboxylic acids is 2. The van der Waals surface area contributed by atoms with Gasteiger partial charge in [0.05, 0.1) is 11.5 Å². The molecule has 1 unspecified atom stereocenters. The quantitative estimate of drug-likeness (QED) is 0.485. The molecule has 0 aliphatic carbocycles. The predicted molar refractivity (Wildman–Crippen MR) is 89.3 cm³/mol. The number of nitrogens with one attached hydrogen (secondary N) is 1. The summed E-state index contributed by atoms with van der Waals surface area (Å²) in [7, 11) is 0. The first-order valence-electron chi connectivity index (χ1n) is 7.92. The number of hydrogen-bond acceptors (Lipinski definition) is 8. The van der Waals surface area contributed by atoms with Crippen molar-refractivity contribution in [2.45, 2.75) is 45.1 Å². The van der Waals surface area contributed by atoms with E-state index in [-0.39, 0.29) is 25.3 Å². The van der Waals surface area contributed by atoms with Crippen LogP contribution in [0.1, 0.15) is 32.8 Å². The molecule has 1 atom stereocenters. The third-order valence-electron chi connectivity index (χ3n) is 3.38.